The first-order valence-corrected chi connectivity index (χ1v) is 8.11. The Morgan fingerprint density at radius 1 is 1.12 bits per heavy atom. The lowest BCUT2D eigenvalue weighted by Gasteiger charge is -2.17. The maximum atomic E-state index is 12.9. The Morgan fingerprint density at radius 3 is 2.62 bits per heavy atom. The van der Waals surface area contributed by atoms with Crippen LogP contribution in [0.25, 0.3) is 6.08 Å². The molecule has 0 aliphatic heterocycles. The van der Waals surface area contributed by atoms with Crippen molar-refractivity contribution in [1.82, 2.24) is 0 Å². The zero-order chi connectivity index (χ0) is 18.7. The zero-order valence-corrected chi connectivity index (χ0v) is 14.8. The molecule has 0 unspecified atom stereocenters. The summed E-state index contributed by atoms with van der Waals surface area (Å²) in [7, 11) is 1.57. The van der Waals surface area contributed by atoms with E-state index in [1.54, 1.807) is 31.4 Å². The van der Waals surface area contributed by atoms with E-state index in [1.807, 2.05) is 31.2 Å². The molecule has 1 aliphatic carbocycles. The number of allylic oxidation sites excluding steroid dienone is 1. The van der Waals surface area contributed by atoms with Crippen LogP contribution in [0.4, 0.5) is 11.4 Å². The van der Waals surface area contributed by atoms with E-state index in [4.69, 9.17) is 4.74 Å². The standard InChI is InChI=1S/C20H19N3O3/c1-12-10-14-8-9-16(20(25)19(14)17(11-12)21-13(2)24)23-22-15-6-4-5-7-18(15)26-3/h4-11,22H,1-3H3,(H,21,24)/b23-16-. The summed E-state index contributed by atoms with van der Waals surface area (Å²) in [5.74, 6) is 0.137. The minimum Gasteiger partial charge on any atom is -0.495 e. The van der Waals surface area contributed by atoms with Gasteiger partial charge < -0.3 is 10.1 Å². The lowest BCUT2D eigenvalue weighted by molar-refractivity contribution is -0.114. The van der Waals surface area contributed by atoms with Crippen LogP contribution in [0.2, 0.25) is 0 Å². The number of hydrogen-bond acceptors (Lipinski definition) is 5. The summed E-state index contributed by atoms with van der Waals surface area (Å²) in [5, 5.41) is 6.95. The fourth-order valence-electron chi connectivity index (χ4n) is 2.81. The van der Waals surface area contributed by atoms with Gasteiger partial charge in [0.25, 0.3) is 0 Å². The second kappa shape index (κ2) is 7.23. The molecule has 1 aliphatic rings. The minimum absolute atomic E-state index is 0.231. The largest absolute Gasteiger partial charge is 0.495 e. The molecule has 0 spiro atoms. The number of Topliss-reactive ketones (excluding diaryl/α,β-unsaturated/α-hetero) is 1. The van der Waals surface area contributed by atoms with Crippen molar-refractivity contribution in [2.45, 2.75) is 13.8 Å². The third kappa shape index (κ3) is 3.49. The van der Waals surface area contributed by atoms with Crippen molar-refractivity contribution in [2.75, 3.05) is 17.9 Å². The summed E-state index contributed by atoms with van der Waals surface area (Å²) in [5.41, 5.74) is 6.42. The lowest BCUT2D eigenvalue weighted by Crippen LogP contribution is -2.21. The number of nitrogens with zero attached hydrogens (tertiary/aromatic N) is 1. The fourth-order valence-corrected chi connectivity index (χ4v) is 2.81. The van der Waals surface area contributed by atoms with Gasteiger partial charge in [-0.05, 0) is 42.3 Å². The van der Waals surface area contributed by atoms with Gasteiger partial charge in [0, 0.05) is 6.92 Å². The molecule has 26 heavy (non-hydrogen) atoms. The van der Waals surface area contributed by atoms with Gasteiger partial charge in [-0.1, -0.05) is 24.3 Å². The van der Waals surface area contributed by atoms with Crippen molar-refractivity contribution < 1.29 is 14.3 Å². The van der Waals surface area contributed by atoms with Gasteiger partial charge in [-0.25, -0.2) is 0 Å². The van der Waals surface area contributed by atoms with Crippen LogP contribution in [0.5, 0.6) is 5.75 Å². The van der Waals surface area contributed by atoms with Gasteiger partial charge in [0.15, 0.2) is 0 Å². The first kappa shape index (κ1) is 17.4. The molecule has 6 heteroatoms. The van der Waals surface area contributed by atoms with E-state index in [1.165, 1.54) is 6.92 Å². The molecule has 132 valence electrons. The van der Waals surface area contributed by atoms with Crippen LogP contribution in [0.3, 0.4) is 0 Å². The third-order valence-corrected chi connectivity index (χ3v) is 3.91. The van der Waals surface area contributed by atoms with E-state index < -0.39 is 0 Å². The molecule has 2 N–H and O–H groups in total. The highest BCUT2D eigenvalue weighted by atomic mass is 16.5. The third-order valence-electron chi connectivity index (χ3n) is 3.91. The van der Waals surface area contributed by atoms with Crippen molar-refractivity contribution >= 4 is 34.9 Å². The molecule has 3 rings (SSSR count). The summed E-state index contributed by atoms with van der Waals surface area (Å²) < 4.78 is 5.26. The molecule has 0 atom stereocenters. The monoisotopic (exact) mass is 349 g/mol. The second-order valence-electron chi connectivity index (χ2n) is 5.93. The number of hydrazone groups is 1. The maximum absolute atomic E-state index is 12.9. The minimum atomic E-state index is -0.256. The van der Waals surface area contributed by atoms with Crippen molar-refractivity contribution in [2.24, 2.45) is 5.10 Å². The Hall–Kier alpha value is -3.41. The van der Waals surface area contributed by atoms with Gasteiger partial charge in [-0.2, -0.15) is 5.10 Å². The van der Waals surface area contributed by atoms with Gasteiger partial charge in [0.1, 0.15) is 11.5 Å². The van der Waals surface area contributed by atoms with E-state index in [0.29, 0.717) is 22.7 Å². The predicted molar refractivity (Wildman–Crippen MR) is 103 cm³/mol. The van der Waals surface area contributed by atoms with Crippen LogP contribution in [-0.2, 0) is 4.79 Å². The summed E-state index contributed by atoms with van der Waals surface area (Å²) in [6.07, 6.45) is 3.47. The molecule has 0 aromatic heterocycles. The van der Waals surface area contributed by atoms with Crippen LogP contribution >= 0.6 is 0 Å². The number of amides is 1. The number of aryl methyl sites for hydroxylation is 1. The number of methoxy groups -OCH3 is 1. The highest BCUT2D eigenvalue weighted by Gasteiger charge is 2.24. The SMILES string of the molecule is COc1ccccc1N/N=C1/C=Cc2cc(C)cc(NC(C)=O)c2C1=O. The predicted octanol–water partition coefficient (Wildman–Crippen LogP) is 3.64. The van der Waals surface area contributed by atoms with E-state index in [9.17, 15) is 9.59 Å². The van der Waals surface area contributed by atoms with Crippen molar-refractivity contribution in [3.05, 3.63) is 59.2 Å². The van der Waals surface area contributed by atoms with Crippen LogP contribution in [0, 0.1) is 6.92 Å². The summed E-state index contributed by atoms with van der Waals surface area (Å²) in [4.78, 5) is 24.4. The molecule has 0 heterocycles. The quantitative estimate of drug-likeness (QED) is 0.826. The Labute approximate surface area is 151 Å². The Kier molecular flexibility index (Phi) is 4.84. The topological polar surface area (TPSA) is 79.8 Å². The number of carbonyl (C=O) groups is 2. The van der Waals surface area contributed by atoms with Gasteiger partial charge in [0.2, 0.25) is 11.7 Å². The number of carbonyl (C=O) groups excluding carboxylic acids is 2. The fraction of sp³-hybridized carbons (Fsp3) is 0.150. The molecular weight excluding hydrogens is 330 g/mol. The lowest BCUT2D eigenvalue weighted by atomic mass is 9.91. The summed E-state index contributed by atoms with van der Waals surface area (Å²) >= 11 is 0. The second-order valence-corrected chi connectivity index (χ2v) is 5.93. The van der Waals surface area contributed by atoms with Crippen molar-refractivity contribution in [1.29, 1.82) is 0 Å². The number of hydrogen-bond donors (Lipinski definition) is 2. The average molecular weight is 349 g/mol. The Morgan fingerprint density at radius 2 is 1.88 bits per heavy atom. The number of ketones is 1. The molecule has 2 aromatic rings. The Bertz CT molecular complexity index is 945. The molecule has 0 saturated heterocycles. The van der Waals surface area contributed by atoms with E-state index in [-0.39, 0.29) is 17.4 Å². The average Bonchev–Trinajstić information content (AvgIpc) is 2.60. The van der Waals surface area contributed by atoms with E-state index in [2.05, 4.69) is 15.8 Å². The van der Waals surface area contributed by atoms with Crippen LogP contribution < -0.4 is 15.5 Å². The normalized spacial score (nSPS) is 14.1. The number of rotatable bonds is 4. The van der Waals surface area contributed by atoms with Gasteiger partial charge in [-0.3, -0.25) is 15.0 Å². The van der Waals surface area contributed by atoms with Gasteiger partial charge in [-0.15, -0.1) is 0 Å². The number of fused-ring (bicyclic) bond motifs is 1. The Balaban J connectivity index is 1.96. The van der Waals surface area contributed by atoms with Crippen LogP contribution in [0.15, 0.2) is 47.6 Å². The highest BCUT2D eigenvalue weighted by Crippen LogP contribution is 2.28. The molecule has 0 bridgehead atoms. The zero-order valence-electron chi connectivity index (χ0n) is 14.8. The number of anilines is 2. The highest BCUT2D eigenvalue weighted by molar-refractivity contribution is 6.53. The van der Waals surface area contributed by atoms with Crippen LogP contribution in [0.1, 0.15) is 28.4 Å². The summed E-state index contributed by atoms with van der Waals surface area (Å²) in [6, 6.07) is 11.0. The van der Waals surface area contributed by atoms with Gasteiger partial charge in [0.05, 0.1) is 24.0 Å². The molecule has 0 fully saturated rings. The van der Waals surface area contributed by atoms with Crippen molar-refractivity contribution in [3.8, 4) is 5.75 Å². The molecule has 0 saturated carbocycles. The number of nitrogens with one attached hydrogen (secondary N) is 2. The molecule has 1 amide bonds. The number of ether oxygens (including phenoxy) is 1. The maximum Gasteiger partial charge on any atom is 0.221 e. The van der Waals surface area contributed by atoms with Crippen LogP contribution in [-0.4, -0.2) is 24.5 Å². The smallest absolute Gasteiger partial charge is 0.221 e. The first-order valence-electron chi connectivity index (χ1n) is 8.11. The first-order chi connectivity index (χ1) is 12.5. The van der Waals surface area contributed by atoms with E-state index >= 15 is 0 Å². The number of benzene rings is 2. The van der Waals surface area contributed by atoms with Crippen molar-refractivity contribution in [3.63, 3.8) is 0 Å². The van der Waals surface area contributed by atoms with E-state index in [0.717, 1.165) is 11.1 Å². The van der Waals surface area contributed by atoms with Gasteiger partial charge >= 0.3 is 0 Å². The molecule has 0 radical (unpaired) electrons. The summed E-state index contributed by atoms with van der Waals surface area (Å²) in [6.45, 7) is 3.33. The molecular formula is C20H19N3O3. The molecule has 2 aromatic carbocycles. The number of para-hydroxylation sites is 2. The molecule has 6 nitrogen and oxygen atoms in total.